The number of nitrogens with zero attached hydrogens (tertiary/aromatic N) is 1. The van der Waals surface area contributed by atoms with Crippen molar-refractivity contribution < 1.29 is 9.21 Å². The molecule has 2 heterocycles. The van der Waals surface area contributed by atoms with Gasteiger partial charge in [-0.15, -0.1) is 0 Å². The Labute approximate surface area is 108 Å². The molecule has 1 saturated heterocycles. The van der Waals surface area contributed by atoms with Gasteiger partial charge < -0.3 is 15.1 Å². The van der Waals surface area contributed by atoms with E-state index in [1.807, 2.05) is 4.90 Å². The van der Waals surface area contributed by atoms with Gasteiger partial charge in [0.15, 0.2) is 10.4 Å². The minimum Gasteiger partial charge on any atom is -0.444 e. The van der Waals surface area contributed by atoms with Gasteiger partial charge in [-0.05, 0) is 52.7 Å². The van der Waals surface area contributed by atoms with Crippen molar-refractivity contribution in [1.82, 2.24) is 4.90 Å². The van der Waals surface area contributed by atoms with Crippen LogP contribution in [0.5, 0.6) is 0 Å². The Morgan fingerprint density at radius 2 is 2.24 bits per heavy atom. The van der Waals surface area contributed by atoms with Gasteiger partial charge in [0.25, 0.3) is 5.91 Å². The molecule has 1 amide bonds. The number of hydrogen-bond donors (Lipinski definition) is 1. The quantitative estimate of drug-likeness (QED) is 0.861. The van der Waals surface area contributed by atoms with Gasteiger partial charge in [0.1, 0.15) is 0 Å². The number of nitrogens with two attached hydrogens (primary N) is 1. The molecule has 0 aromatic carbocycles. The molecule has 1 aliphatic heterocycles. The van der Waals surface area contributed by atoms with Crippen molar-refractivity contribution in [2.75, 3.05) is 13.1 Å². The smallest absolute Gasteiger partial charge is 0.289 e. The van der Waals surface area contributed by atoms with Gasteiger partial charge in [0.05, 0.1) is 0 Å². The van der Waals surface area contributed by atoms with Crippen LogP contribution in [0.25, 0.3) is 0 Å². The Bertz CT molecular complexity index is 445. The maximum atomic E-state index is 12.2. The summed E-state index contributed by atoms with van der Waals surface area (Å²) >= 11 is 3.21. The summed E-state index contributed by atoms with van der Waals surface area (Å²) in [5.41, 5.74) is 6.06. The highest BCUT2D eigenvalue weighted by molar-refractivity contribution is 9.10. The number of hydrogen-bond acceptors (Lipinski definition) is 3. The van der Waals surface area contributed by atoms with Gasteiger partial charge >= 0.3 is 0 Å². The van der Waals surface area contributed by atoms with E-state index in [0.29, 0.717) is 22.3 Å². The first kappa shape index (κ1) is 11.3. The zero-order chi connectivity index (χ0) is 12.0. The molecule has 0 bridgehead atoms. The number of rotatable bonds is 1. The van der Waals surface area contributed by atoms with Crippen LogP contribution in [0.3, 0.4) is 0 Å². The summed E-state index contributed by atoms with van der Waals surface area (Å²) in [5, 5.41) is 0. The average Bonchev–Trinajstić information content (AvgIpc) is 2.96. The Hall–Kier alpha value is -0.810. The molecule has 0 radical (unpaired) electrons. The topological polar surface area (TPSA) is 59.5 Å². The highest BCUT2D eigenvalue weighted by atomic mass is 79.9. The maximum Gasteiger partial charge on any atom is 0.289 e. The largest absolute Gasteiger partial charge is 0.444 e. The molecule has 3 atom stereocenters. The van der Waals surface area contributed by atoms with Gasteiger partial charge in [-0.2, -0.15) is 0 Å². The van der Waals surface area contributed by atoms with Crippen molar-refractivity contribution in [3.8, 4) is 0 Å². The molecule has 1 aromatic rings. The fourth-order valence-electron chi connectivity index (χ4n) is 3.06. The van der Waals surface area contributed by atoms with Crippen LogP contribution in [0, 0.1) is 11.8 Å². The van der Waals surface area contributed by atoms with Crippen molar-refractivity contribution in [3.05, 3.63) is 22.6 Å². The van der Waals surface area contributed by atoms with Crippen LogP contribution in [-0.4, -0.2) is 29.9 Å². The fraction of sp³-hybridized carbons (Fsp3) is 0.583. The molecular weight excluding hydrogens is 284 g/mol. The minimum absolute atomic E-state index is 0.0164. The molecule has 0 unspecified atom stereocenters. The van der Waals surface area contributed by atoms with Gasteiger partial charge in [-0.25, -0.2) is 0 Å². The predicted octanol–water partition coefficient (Wildman–Crippen LogP) is 1.85. The van der Waals surface area contributed by atoms with E-state index in [1.165, 1.54) is 0 Å². The molecule has 1 saturated carbocycles. The maximum absolute atomic E-state index is 12.2. The van der Waals surface area contributed by atoms with E-state index in [9.17, 15) is 4.79 Å². The first-order valence-electron chi connectivity index (χ1n) is 5.95. The normalized spacial score (nSPS) is 31.9. The lowest BCUT2D eigenvalue weighted by Crippen LogP contribution is -2.33. The van der Waals surface area contributed by atoms with Crippen LogP contribution in [0.4, 0.5) is 0 Å². The van der Waals surface area contributed by atoms with Crippen LogP contribution in [-0.2, 0) is 0 Å². The standard InChI is InChI=1S/C12H15BrN2O2/c13-11-4-3-10(17-11)12(16)15-5-7-1-2-9(14)8(7)6-15/h3-4,7-9H,1-2,5-6,14H2/t7-,8-,9-/m1/s1. The summed E-state index contributed by atoms with van der Waals surface area (Å²) in [4.78, 5) is 14.0. The lowest BCUT2D eigenvalue weighted by atomic mass is 9.98. The van der Waals surface area contributed by atoms with Gasteiger partial charge in [0.2, 0.25) is 0 Å². The zero-order valence-electron chi connectivity index (χ0n) is 9.43. The van der Waals surface area contributed by atoms with E-state index >= 15 is 0 Å². The number of fused-ring (bicyclic) bond motifs is 1. The number of carbonyl (C=O) groups is 1. The van der Waals surface area contributed by atoms with Crippen molar-refractivity contribution in [1.29, 1.82) is 0 Å². The number of furan rings is 1. The average molecular weight is 299 g/mol. The second-order valence-electron chi connectivity index (χ2n) is 4.98. The molecule has 1 aliphatic carbocycles. The van der Waals surface area contributed by atoms with Crippen molar-refractivity contribution in [2.45, 2.75) is 18.9 Å². The molecule has 2 aliphatic rings. The molecule has 0 spiro atoms. The first-order valence-corrected chi connectivity index (χ1v) is 6.74. The summed E-state index contributed by atoms with van der Waals surface area (Å²) in [7, 11) is 0. The molecule has 2 fully saturated rings. The summed E-state index contributed by atoms with van der Waals surface area (Å²) in [5.74, 6) is 1.47. The summed E-state index contributed by atoms with van der Waals surface area (Å²) in [6.45, 7) is 1.61. The van der Waals surface area contributed by atoms with Crippen LogP contribution < -0.4 is 5.73 Å². The van der Waals surface area contributed by atoms with E-state index in [2.05, 4.69) is 15.9 Å². The lowest BCUT2D eigenvalue weighted by Gasteiger charge is -2.17. The Morgan fingerprint density at radius 3 is 2.88 bits per heavy atom. The SMILES string of the molecule is N[C@@H]1CC[C@@H]2CN(C(=O)c3ccc(Br)o3)C[C@H]21. The molecule has 92 valence electrons. The molecule has 2 N–H and O–H groups in total. The molecule has 1 aromatic heterocycles. The van der Waals surface area contributed by atoms with Gasteiger partial charge in [-0.1, -0.05) is 0 Å². The van der Waals surface area contributed by atoms with Crippen LogP contribution in [0.15, 0.2) is 21.2 Å². The van der Waals surface area contributed by atoms with Gasteiger partial charge in [0, 0.05) is 19.1 Å². The molecule has 3 rings (SSSR count). The predicted molar refractivity (Wildman–Crippen MR) is 66.5 cm³/mol. The van der Waals surface area contributed by atoms with Crippen LogP contribution >= 0.6 is 15.9 Å². The Morgan fingerprint density at radius 1 is 1.41 bits per heavy atom. The second-order valence-corrected chi connectivity index (χ2v) is 5.76. The highest BCUT2D eigenvalue weighted by Gasteiger charge is 2.42. The minimum atomic E-state index is -0.0164. The summed E-state index contributed by atoms with van der Waals surface area (Å²) in [6.07, 6.45) is 2.25. The first-order chi connectivity index (χ1) is 8.15. The third kappa shape index (κ3) is 1.91. The van der Waals surface area contributed by atoms with Crippen molar-refractivity contribution in [2.24, 2.45) is 17.6 Å². The second kappa shape index (κ2) is 4.14. The van der Waals surface area contributed by atoms with Crippen LogP contribution in [0.2, 0.25) is 0 Å². The van der Waals surface area contributed by atoms with Crippen molar-refractivity contribution >= 4 is 21.8 Å². The van der Waals surface area contributed by atoms with E-state index in [0.717, 1.165) is 25.9 Å². The summed E-state index contributed by atoms with van der Waals surface area (Å²) in [6, 6.07) is 3.72. The summed E-state index contributed by atoms with van der Waals surface area (Å²) < 4.78 is 5.90. The molecule has 4 nitrogen and oxygen atoms in total. The molecular formula is C12H15BrN2O2. The monoisotopic (exact) mass is 298 g/mol. The molecule has 5 heteroatoms. The third-order valence-electron chi connectivity index (χ3n) is 3.98. The van der Waals surface area contributed by atoms with E-state index in [4.69, 9.17) is 10.2 Å². The molecule has 17 heavy (non-hydrogen) atoms. The fourth-order valence-corrected chi connectivity index (χ4v) is 3.36. The van der Waals surface area contributed by atoms with E-state index in [-0.39, 0.29) is 11.9 Å². The van der Waals surface area contributed by atoms with Gasteiger partial charge in [-0.3, -0.25) is 4.79 Å². The van der Waals surface area contributed by atoms with E-state index < -0.39 is 0 Å². The van der Waals surface area contributed by atoms with Crippen LogP contribution in [0.1, 0.15) is 23.4 Å². The number of halogens is 1. The lowest BCUT2D eigenvalue weighted by molar-refractivity contribution is 0.0746. The van der Waals surface area contributed by atoms with Crippen molar-refractivity contribution in [3.63, 3.8) is 0 Å². The number of likely N-dealkylation sites (tertiary alicyclic amines) is 1. The zero-order valence-corrected chi connectivity index (χ0v) is 11.0. The third-order valence-corrected chi connectivity index (χ3v) is 4.41. The Kier molecular flexibility index (Phi) is 2.75. The number of amides is 1. The Balaban J connectivity index is 1.73. The highest BCUT2D eigenvalue weighted by Crippen LogP contribution is 2.37. The number of carbonyl (C=O) groups excluding carboxylic acids is 1. The van der Waals surface area contributed by atoms with E-state index in [1.54, 1.807) is 12.1 Å².